The number of rotatable bonds is 6. The van der Waals surface area contributed by atoms with Crippen LogP contribution in [0.3, 0.4) is 0 Å². The molecule has 0 spiro atoms. The Kier molecular flexibility index (Phi) is 5.24. The van der Waals surface area contributed by atoms with E-state index in [1.807, 2.05) is 50.4 Å². The minimum atomic E-state index is -0.871. The molecule has 0 aliphatic carbocycles. The first-order valence-electron chi connectivity index (χ1n) is 10.4. The van der Waals surface area contributed by atoms with Gasteiger partial charge in [0.25, 0.3) is 0 Å². The molecule has 0 radical (unpaired) electrons. The van der Waals surface area contributed by atoms with Crippen LogP contribution in [0.25, 0.3) is 33.7 Å². The number of carboxylic acids is 1. The monoisotopic (exact) mass is 433 g/mol. The number of carbonyl (C=O) groups is 1. The molecule has 4 aromatic rings. The number of anilines is 1. The summed E-state index contributed by atoms with van der Waals surface area (Å²) in [6, 6.07) is 9.59. The number of nitrogens with zero attached hydrogens (tertiary/aromatic N) is 4. The zero-order chi connectivity index (χ0) is 23.1. The van der Waals surface area contributed by atoms with Crippen molar-refractivity contribution in [2.75, 3.05) is 5.32 Å². The fourth-order valence-electron chi connectivity index (χ4n) is 3.48. The molecule has 0 bridgehead atoms. The van der Waals surface area contributed by atoms with Gasteiger partial charge in [0, 0.05) is 29.1 Å². The van der Waals surface area contributed by atoms with Gasteiger partial charge in [0.05, 0.1) is 23.7 Å². The van der Waals surface area contributed by atoms with Crippen molar-refractivity contribution in [3.63, 3.8) is 0 Å². The van der Waals surface area contributed by atoms with Gasteiger partial charge in [-0.1, -0.05) is 12.1 Å². The summed E-state index contributed by atoms with van der Waals surface area (Å²) in [6.45, 7) is 9.87. The normalized spacial score (nSPS) is 12.3. The summed E-state index contributed by atoms with van der Waals surface area (Å²) >= 11 is 0. The highest BCUT2D eigenvalue weighted by molar-refractivity contribution is 5.81. The first kappa shape index (κ1) is 21.5. The molecule has 0 aliphatic rings. The van der Waals surface area contributed by atoms with E-state index >= 15 is 0 Å². The van der Waals surface area contributed by atoms with Crippen LogP contribution in [0.4, 0.5) is 5.82 Å². The van der Waals surface area contributed by atoms with Crippen LogP contribution in [0, 0.1) is 0 Å². The van der Waals surface area contributed by atoms with Crippen molar-refractivity contribution in [3.05, 3.63) is 48.9 Å². The third kappa shape index (κ3) is 4.49. The Balaban J connectivity index is 1.78. The number of para-hydroxylation sites is 2. The quantitative estimate of drug-likeness (QED) is 0.432. The highest BCUT2D eigenvalue weighted by Gasteiger charge is 2.25. The van der Waals surface area contributed by atoms with E-state index in [0.717, 1.165) is 22.2 Å². The van der Waals surface area contributed by atoms with Gasteiger partial charge >= 0.3 is 5.97 Å². The Hall–Kier alpha value is -3.68. The van der Waals surface area contributed by atoms with E-state index in [1.54, 1.807) is 17.1 Å². The highest BCUT2D eigenvalue weighted by Crippen LogP contribution is 2.34. The molecule has 0 unspecified atom stereocenters. The molecule has 0 atom stereocenters. The molecule has 8 nitrogen and oxygen atoms in total. The fourth-order valence-corrected chi connectivity index (χ4v) is 3.48. The minimum Gasteiger partial charge on any atom is -0.481 e. The SMILES string of the molecule is CC(C)(C)Nc1ncc(-c2cnn(C(C)(C)CC(=O)O)c2)cc1-c1nc2ccccc2o1. The maximum atomic E-state index is 11.2. The van der Waals surface area contributed by atoms with Crippen LogP contribution >= 0.6 is 0 Å². The Labute approximate surface area is 186 Å². The summed E-state index contributed by atoms with van der Waals surface area (Å²) in [7, 11) is 0. The van der Waals surface area contributed by atoms with E-state index in [0.29, 0.717) is 17.3 Å². The van der Waals surface area contributed by atoms with Gasteiger partial charge in [-0.05, 0) is 52.8 Å². The van der Waals surface area contributed by atoms with E-state index in [4.69, 9.17) is 4.42 Å². The molecular formula is C24H27N5O3. The van der Waals surface area contributed by atoms with E-state index in [1.165, 1.54) is 0 Å². The summed E-state index contributed by atoms with van der Waals surface area (Å²) in [5.74, 6) is 0.280. The lowest BCUT2D eigenvalue weighted by molar-refractivity contribution is -0.139. The van der Waals surface area contributed by atoms with Crippen molar-refractivity contribution in [3.8, 4) is 22.6 Å². The molecule has 4 rings (SSSR count). The van der Waals surface area contributed by atoms with E-state index < -0.39 is 11.5 Å². The predicted molar refractivity (Wildman–Crippen MR) is 123 cm³/mol. The summed E-state index contributed by atoms with van der Waals surface area (Å²) in [6.07, 6.45) is 5.29. The highest BCUT2D eigenvalue weighted by atomic mass is 16.4. The van der Waals surface area contributed by atoms with Gasteiger partial charge in [-0.25, -0.2) is 9.97 Å². The summed E-state index contributed by atoms with van der Waals surface area (Å²) in [5, 5.41) is 17.0. The number of pyridine rings is 1. The van der Waals surface area contributed by atoms with Crippen LogP contribution in [-0.4, -0.2) is 36.4 Å². The molecule has 0 saturated carbocycles. The van der Waals surface area contributed by atoms with E-state index in [9.17, 15) is 9.90 Å². The number of nitrogens with one attached hydrogen (secondary N) is 1. The van der Waals surface area contributed by atoms with Crippen LogP contribution in [-0.2, 0) is 10.3 Å². The largest absolute Gasteiger partial charge is 0.481 e. The fraction of sp³-hybridized carbons (Fsp3) is 0.333. The molecule has 3 aromatic heterocycles. The molecule has 0 amide bonds. The average molecular weight is 434 g/mol. The summed E-state index contributed by atoms with van der Waals surface area (Å²) in [5.41, 5.74) is 3.02. The number of oxazole rings is 1. The Morgan fingerprint density at radius 2 is 1.88 bits per heavy atom. The number of aliphatic carboxylic acids is 1. The first-order valence-corrected chi connectivity index (χ1v) is 10.4. The number of hydrogen-bond donors (Lipinski definition) is 2. The van der Waals surface area contributed by atoms with Crippen molar-refractivity contribution in [1.82, 2.24) is 19.7 Å². The maximum Gasteiger partial charge on any atom is 0.305 e. The lowest BCUT2D eigenvalue weighted by Crippen LogP contribution is -2.29. The van der Waals surface area contributed by atoms with Crippen LogP contribution in [0.1, 0.15) is 41.0 Å². The second-order valence-corrected chi connectivity index (χ2v) is 9.54. The lowest BCUT2D eigenvalue weighted by Gasteiger charge is -2.23. The Morgan fingerprint density at radius 1 is 1.12 bits per heavy atom. The van der Waals surface area contributed by atoms with Gasteiger partial charge in [-0.3, -0.25) is 9.48 Å². The van der Waals surface area contributed by atoms with Gasteiger partial charge in [0.1, 0.15) is 11.3 Å². The number of aromatic nitrogens is 4. The topological polar surface area (TPSA) is 106 Å². The van der Waals surface area contributed by atoms with Crippen molar-refractivity contribution in [1.29, 1.82) is 0 Å². The second kappa shape index (κ2) is 7.78. The number of fused-ring (bicyclic) bond motifs is 1. The lowest BCUT2D eigenvalue weighted by atomic mass is 10.0. The van der Waals surface area contributed by atoms with Gasteiger partial charge < -0.3 is 14.8 Å². The van der Waals surface area contributed by atoms with Crippen molar-refractivity contribution in [2.45, 2.75) is 52.1 Å². The smallest absolute Gasteiger partial charge is 0.305 e. The summed E-state index contributed by atoms with van der Waals surface area (Å²) in [4.78, 5) is 20.5. The molecular weight excluding hydrogens is 406 g/mol. The van der Waals surface area contributed by atoms with Gasteiger partial charge in [-0.15, -0.1) is 0 Å². The van der Waals surface area contributed by atoms with Crippen LogP contribution in [0.2, 0.25) is 0 Å². The molecule has 2 N–H and O–H groups in total. The van der Waals surface area contributed by atoms with E-state index in [2.05, 4.69) is 41.2 Å². The first-order chi connectivity index (χ1) is 15.0. The molecule has 0 aliphatic heterocycles. The van der Waals surface area contributed by atoms with Gasteiger partial charge in [0.15, 0.2) is 5.58 Å². The third-order valence-electron chi connectivity index (χ3n) is 5.03. The van der Waals surface area contributed by atoms with Crippen molar-refractivity contribution >= 4 is 22.9 Å². The van der Waals surface area contributed by atoms with Crippen LogP contribution in [0.15, 0.2) is 53.3 Å². The maximum absolute atomic E-state index is 11.2. The standard InChI is InChI=1S/C24H27N5O3/c1-23(2,3)28-21-17(22-27-18-8-6-7-9-19(18)32-22)10-15(12-25-21)16-13-26-29(14-16)24(4,5)11-20(30)31/h6-10,12-14H,11H2,1-5H3,(H,25,28)(H,30,31). The number of hydrogen-bond acceptors (Lipinski definition) is 6. The Bertz CT molecular complexity index is 1250. The summed E-state index contributed by atoms with van der Waals surface area (Å²) < 4.78 is 7.70. The predicted octanol–water partition coefficient (Wildman–Crippen LogP) is 5.17. The van der Waals surface area contributed by atoms with Crippen LogP contribution < -0.4 is 5.32 Å². The van der Waals surface area contributed by atoms with Crippen molar-refractivity contribution < 1.29 is 14.3 Å². The van der Waals surface area contributed by atoms with Gasteiger partial charge in [-0.2, -0.15) is 5.10 Å². The molecule has 166 valence electrons. The number of carboxylic acid groups (broad SMARTS) is 1. The van der Waals surface area contributed by atoms with E-state index in [-0.39, 0.29) is 12.0 Å². The number of benzene rings is 1. The molecule has 1 aromatic carbocycles. The minimum absolute atomic E-state index is 0.0328. The zero-order valence-corrected chi connectivity index (χ0v) is 18.9. The third-order valence-corrected chi connectivity index (χ3v) is 5.03. The van der Waals surface area contributed by atoms with Crippen LogP contribution in [0.5, 0.6) is 0 Å². The molecule has 0 saturated heterocycles. The molecule has 0 fully saturated rings. The van der Waals surface area contributed by atoms with Crippen molar-refractivity contribution in [2.24, 2.45) is 0 Å². The Morgan fingerprint density at radius 3 is 2.56 bits per heavy atom. The second-order valence-electron chi connectivity index (χ2n) is 9.54. The van der Waals surface area contributed by atoms with Gasteiger partial charge in [0.2, 0.25) is 5.89 Å². The average Bonchev–Trinajstić information content (AvgIpc) is 3.34. The molecule has 8 heteroatoms. The molecule has 3 heterocycles. The molecule has 32 heavy (non-hydrogen) atoms. The zero-order valence-electron chi connectivity index (χ0n) is 18.9.